The van der Waals surface area contributed by atoms with Gasteiger partial charge in [-0.05, 0) is 40.9 Å². The van der Waals surface area contributed by atoms with Gasteiger partial charge in [-0.25, -0.2) is 4.98 Å². The number of Topliss-reactive ketones (excluding diaryl/α,β-unsaturated/α-hetero) is 1. The second kappa shape index (κ2) is 11.1. The van der Waals surface area contributed by atoms with Gasteiger partial charge >= 0.3 is 0 Å². The lowest BCUT2D eigenvalue weighted by Gasteiger charge is -2.30. The summed E-state index contributed by atoms with van der Waals surface area (Å²) in [6, 6.07) is 7.13. The number of ketones is 1. The van der Waals surface area contributed by atoms with E-state index in [-0.39, 0.29) is 41.9 Å². The molecule has 4 rings (SSSR count). The van der Waals surface area contributed by atoms with Gasteiger partial charge in [-0.2, -0.15) is 5.10 Å². The summed E-state index contributed by atoms with van der Waals surface area (Å²) in [7, 11) is 0. The molecule has 7 nitrogen and oxygen atoms in total. The van der Waals surface area contributed by atoms with E-state index in [9.17, 15) is 14.7 Å². The number of aromatic nitrogens is 3. The molecule has 1 amide bonds. The van der Waals surface area contributed by atoms with Crippen LogP contribution in [0.4, 0.5) is 0 Å². The first kappa shape index (κ1) is 28.2. The lowest BCUT2D eigenvalue weighted by molar-refractivity contribution is -0.142. The van der Waals surface area contributed by atoms with Crippen molar-refractivity contribution in [1.29, 1.82) is 0 Å². The Morgan fingerprint density at radius 1 is 1.16 bits per heavy atom. The molecule has 0 aliphatic carbocycles. The zero-order valence-electron chi connectivity index (χ0n) is 23.5. The Morgan fingerprint density at radius 2 is 1.84 bits per heavy atom. The fourth-order valence-electron chi connectivity index (χ4n) is 5.21. The molecule has 0 saturated carbocycles. The van der Waals surface area contributed by atoms with Gasteiger partial charge in [0, 0.05) is 25.6 Å². The van der Waals surface area contributed by atoms with Crippen molar-refractivity contribution in [3.63, 3.8) is 0 Å². The number of aliphatic hydroxyl groups excluding tert-OH is 1. The third-order valence-electron chi connectivity index (χ3n) is 7.57. The van der Waals surface area contributed by atoms with E-state index < -0.39 is 18.2 Å². The number of aliphatic hydroxyl groups is 1. The van der Waals surface area contributed by atoms with Crippen LogP contribution in [0.25, 0.3) is 10.4 Å². The van der Waals surface area contributed by atoms with Gasteiger partial charge in [-0.1, -0.05) is 65.8 Å². The van der Waals surface area contributed by atoms with E-state index in [0.717, 1.165) is 27.3 Å². The zero-order valence-corrected chi connectivity index (χ0v) is 24.3. The number of thiazole rings is 1. The fourth-order valence-corrected chi connectivity index (χ4v) is 6.02. The van der Waals surface area contributed by atoms with Crippen LogP contribution in [-0.4, -0.2) is 55.2 Å². The van der Waals surface area contributed by atoms with E-state index in [1.807, 2.05) is 45.6 Å². The quantitative estimate of drug-likeness (QED) is 0.409. The molecule has 1 saturated heterocycles. The summed E-state index contributed by atoms with van der Waals surface area (Å²) in [4.78, 5) is 34.4. The van der Waals surface area contributed by atoms with E-state index in [2.05, 4.69) is 55.1 Å². The van der Waals surface area contributed by atoms with Crippen molar-refractivity contribution in [3.05, 3.63) is 59.0 Å². The Balaban J connectivity index is 1.49. The third-order valence-corrected chi connectivity index (χ3v) is 8.54. The topological polar surface area (TPSA) is 88.3 Å². The Kier molecular flexibility index (Phi) is 8.23. The van der Waals surface area contributed by atoms with Crippen molar-refractivity contribution >= 4 is 23.0 Å². The molecule has 2 aromatic heterocycles. The second-order valence-electron chi connectivity index (χ2n) is 12.0. The highest BCUT2D eigenvalue weighted by atomic mass is 32.1. The molecule has 0 bridgehead atoms. The van der Waals surface area contributed by atoms with Gasteiger partial charge in [0.25, 0.3) is 0 Å². The van der Waals surface area contributed by atoms with Gasteiger partial charge in [-0.15, -0.1) is 11.3 Å². The minimum atomic E-state index is -0.708. The van der Waals surface area contributed by atoms with Crippen LogP contribution in [0.2, 0.25) is 0 Å². The summed E-state index contributed by atoms with van der Waals surface area (Å²) in [6.45, 7) is 14.5. The maximum absolute atomic E-state index is 13.8. The first-order valence-electron chi connectivity index (χ1n) is 13.4. The summed E-state index contributed by atoms with van der Waals surface area (Å²) in [5.74, 6) is -0.197. The van der Waals surface area contributed by atoms with E-state index in [1.54, 1.807) is 20.9 Å². The second-order valence-corrected chi connectivity index (χ2v) is 12.9. The predicted octanol–water partition coefficient (Wildman–Crippen LogP) is 5.53. The molecule has 38 heavy (non-hydrogen) atoms. The highest BCUT2D eigenvalue weighted by molar-refractivity contribution is 7.13. The molecule has 4 atom stereocenters. The maximum Gasteiger partial charge on any atom is 0.248 e. The number of hydrogen-bond donors (Lipinski definition) is 1. The van der Waals surface area contributed by atoms with E-state index in [4.69, 9.17) is 0 Å². The van der Waals surface area contributed by atoms with E-state index in [0.29, 0.717) is 6.42 Å². The Morgan fingerprint density at radius 3 is 2.39 bits per heavy atom. The monoisotopic (exact) mass is 536 g/mol. The van der Waals surface area contributed by atoms with Crippen LogP contribution >= 0.6 is 11.3 Å². The van der Waals surface area contributed by atoms with Crippen LogP contribution in [0.5, 0.6) is 0 Å². The number of nitrogens with zero attached hydrogens (tertiary/aromatic N) is 4. The van der Waals surface area contributed by atoms with Crippen LogP contribution in [0.15, 0.2) is 42.2 Å². The van der Waals surface area contributed by atoms with Crippen LogP contribution < -0.4 is 0 Å². The van der Waals surface area contributed by atoms with Crippen LogP contribution in [0.3, 0.4) is 0 Å². The van der Waals surface area contributed by atoms with Gasteiger partial charge in [0.05, 0.1) is 34.4 Å². The number of β-amino-alcohol motifs (C(OH)–C–C–N with tert-alkyl or cyclic N) is 1. The molecular formula is C30H40N4O3S. The minimum absolute atomic E-state index is 0.00448. The van der Waals surface area contributed by atoms with Gasteiger partial charge < -0.3 is 10.0 Å². The number of rotatable bonds is 8. The lowest BCUT2D eigenvalue weighted by Crippen LogP contribution is -2.45. The summed E-state index contributed by atoms with van der Waals surface area (Å²) >= 11 is 1.62. The van der Waals surface area contributed by atoms with Crippen molar-refractivity contribution in [2.75, 3.05) is 6.54 Å². The fraction of sp³-hybridized carbons (Fsp3) is 0.533. The standard InChI is InChI=1S/C30H40N4O3S/c1-18(2)27(34-15-23(14-32-34)30(5,6)7)29(37)33-16-24(35)13-25(33)26(36)12-19(3)21-8-10-22(11-9-21)28-20(4)31-17-38-28/h8-11,14-15,17-19,24-25,27,35H,12-13,16H2,1-7H3. The van der Waals surface area contributed by atoms with E-state index >= 15 is 0 Å². The molecular weight excluding hydrogens is 496 g/mol. The molecule has 0 spiro atoms. The molecule has 1 aromatic carbocycles. The zero-order chi connectivity index (χ0) is 27.8. The molecule has 1 N–H and O–H groups in total. The molecule has 0 radical (unpaired) electrons. The van der Waals surface area contributed by atoms with Gasteiger partial charge in [0.2, 0.25) is 5.91 Å². The van der Waals surface area contributed by atoms with Crippen molar-refractivity contribution in [1.82, 2.24) is 19.7 Å². The Labute approximate surface area is 229 Å². The maximum atomic E-state index is 13.8. The number of benzene rings is 1. The van der Waals surface area contributed by atoms with Crippen molar-refractivity contribution in [2.45, 2.75) is 90.8 Å². The highest BCUT2D eigenvalue weighted by Gasteiger charge is 2.42. The average molecular weight is 537 g/mol. The third kappa shape index (κ3) is 5.91. The van der Waals surface area contributed by atoms with Crippen molar-refractivity contribution in [2.24, 2.45) is 5.92 Å². The summed E-state index contributed by atoms with van der Waals surface area (Å²) in [5, 5.41) is 15.0. The molecule has 4 unspecified atom stereocenters. The van der Waals surface area contributed by atoms with E-state index in [1.165, 1.54) is 0 Å². The minimum Gasteiger partial charge on any atom is -0.391 e. The normalized spacial score (nSPS) is 19.7. The number of hydrogen-bond acceptors (Lipinski definition) is 6. The molecule has 8 heteroatoms. The number of aryl methyl sites for hydroxylation is 1. The molecule has 1 aliphatic rings. The number of carbonyl (C=O) groups excluding carboxylic acids is 2. The number of amides is 1. The number of carbonyl (C=O) groups is 2. The summed E-state index contributed by atoms with van der Waals surface area (Å²) in [5.41, 5.74) is 6.03. The predicted molar refractivity (Wildman–Crippen MR) is 151 cm³/mol. The van der Waals surface area contributed by atoms with Gasteiger partial charge in [0.1, 0.15) is 6.04 Å². The summed E-state index contributed by atoms with van der Waals surface area (Å²) < 4.78 is 1.73. The van der Waals surface area contributed by atoms with Crippen molar-refractivity contribution < 1.29 is 14.7 Å². The largest absolute Gasteiger partial charge is 0.391 e. The highest BCUT2D eigenvalue weighted by Crippen LogP contribution is 2.32. The molecule has 3 aromatic rings. The summed E-state index contributed by atoms with van der Waals surface area (Å²) in [6.07, 6.45) is 3.62. The first-order chi connectivity index (χ1) is 17.9. The van der Waals surface area contributed by atoms with Crippen LogP contribution in [0, 0.1) is 12.8 Å². The number of likely N-dealkylation sites (tertiary alicyclic amines) is 1. The lowest BCUT2D eigenvalue weighted by atomic mass is 9.90. The smallest absolute Gasteiger partial charge is 0.248 e. The molecule has 204 valence electrons. The van der Waals surface area contributed by atoms with Gasteiger partial charge in [0.15, 0.2) is 5.78 Å². The Bertz CT molecular complexity index is 1270. The van der Waals surface area contributed by atoms with Gasteiger partial charge in [-0.3, -0.25) is 14.3 Å². The molecule has 1 aliphatic heterocycles. The average Bonchev–Trinajstić information content (AvgIpc) is 3.58. The van der Waals surface area contributed by atoms with Crippen LogP contribution in [0.1, 0.15) is 83.2 Å². The molecule has 1 fully saturated rings. The SMILES string of the molecule is Cc1ncsc1-c1ccc(C(C)CC(=O)C2CC(O)CN2C(=O)C(C(C)C)n2cc(C(C)(C)C)cn2)cc1. The Hall–Kier alpha value is -2.84. The van der Waals surface area contributed by atoms with Crippen molar-refractivity contribution in [3.8, 4) is 10.4 Å². The molecule has 3 heterocycles. The first-order valence-corrected chi connectivity index (χ1v) is 14.3. The van der Waals surface area contributed by atoms with Crippen LogP contribution in [-0.2, 0) is 15.0 Å².